The van der Waals surface area contributed by atoms with Crippen LogP contribution in [-0.4, -0.2) is 131 Å². The van der Waals surface area contributed by atoms with E-state index in [4.69, 9.17) is 0 Å². The molecule has 26 unspecified atom stereocenters. The van der Waals surface area contributed by atoms with Gasteiger partial charge in [0.15, 0.2) is 0 Å². The summed E-state index contributed by atoms with van der Waals surface area (Å²) in [4.78, 5) is 4.52. The zero-order valence-corrected chi connectivity index (χ0v) is 49.8. The second-order valence-corrected chi connectivity index (χ2v) is 28.5. The third-order valence-corrected chi connectivity index (χ3v) is 22.6. The van der Waals surface area contributed by atoms with E-state index in [9.17, 15) is 20.4 Å². The summed E-state index contributed by atoms with van der Waals surface area (Å²) in [6.07, 6.45) is 21.1. The summed E-state index contributed by atoms with van der Waals surface area (Å²) in [5, 5.41) is 77.2. The maximum absolute atomic E-state index is 13.0. The molecule has 8 aliphatic rings. The highest BCUT2D eigenvalue weighted by Crippen LogP contribution is 2.48. The van der Waals surface area contributed by atoms with Gasteiger partial charge in [-0.1, -0.05) is 105 Å². The van der Waals surface area contributed by atoms with E-state index in [1.165, 1.54) is 77.0 Å². The van der Waals surface area contributed by atoms with Gasteiger partial charge in [0.05, 0.1) is 61.4 Å². The Hall–Kier alpha value is -1.52. The minimum atomic E-state index is -0.797. The Morgan fingerprint density at radius 1 is 0.351 bits per heavy atom. The number of rotatable bonds is 20. The quantitative estimate of drug-likeness (QED) is 0.0532. The zero-order valence-electron chi connectivity index (χ0n) is 49.8. The van der Waals surface area contributed by atoms with Crippen molar-refractivity contribution in [2.24, 2.45) is 107 Å². The van der Waals surface area contributed by atoms with Crippen molar-refractivity contribution in [2.75, 3.05) is 39.3 Å². The van der Waals surface area contributed by atoms with Crippen LogP contribution in [0.4, 0.5) is 0 Å². The number of hydrogen-bond donors (Lipinski definition) is 10. The molecule has 10 N–H and O–H groups in total. The lowest BCUT2D eigenvalue weighted by Crippen LogP contribution is -2.75. The molecule has 6 saturated carbocycles. The lowest BCUT2D eigenvalue weighted by Gasteiger charge is -2.55. The minimum Gasteiger partial charge on any atom is -0.392 e. The van der Waals surface area contributed by atoms with E-state index in [1.807, 2.05) is 24.3 Å². The maximum atomic E-state index is 13.0. The zero-order chi connectivity index (χ0) is 55.2. The van der Waals surface area contributed by atoms with Crippen LogP contribution >= 0.6 is 0 Å². The molecule has 0 bridgehead atoms. The summed E-state index contributed by atoms with van der Waals surface area (Å²) in [6.45, 7) is 39.4. The summed E-state index contributed by atoms with van der Waals surface area (Å²) >= 11 is 0. The smallest absolute Gasteiger partial charge is 0.0661 e. The van der Waals surface area contributed by atoms with Gasteiger partial charge in [0.25, 0.3) is 0 Å². The fourth-order valence-corrected chi connectivity index (χ4v) is 18.4. The second kappa shape index (κ2) is 28.2. The van der Waals surface area contributed by atoms with Crippen molar-refractivity contribution in [3.8, 4) is 0 Å². The van der Waals surface area contributed by atoms with Crippen LogP contribution in [0.2, 0.25) is 0 Å². The first-order chi connectivity index (χ1) is 36.9. The summed E-state index contributed by atoms with van der Waals surface area (Å²) in [7, 11) is 0. The fraction of sp³-hybridized carbons (Fsp3) is 0.877. The molecule has 12 nitrogen and oxygen atoms in total. The van der Waals surface area contributed by atoms with Gasteiger partial charge in [-0.2, -0.15) is 0 Å². The second-order valence-electron chi connectivity index (χ2n) is 28.5. The highest BCUT2D eigenvalue weighted by Gasteiger charge is 2.54. The molecular formula is C65H116N8O4. The number of nitrogens with zero attached hydrogens (tertiary/aromatic N) is 2. The standard InChI is InChI=1S/C65H116N8O4/c1-13-25-72(26-14-2)36-54-56(74)46(34-52(58(54)76)64-68-60(48-21-17-38(5)29-42(48)9)66-61(69-64)49-22-18-39(6)30-43(49)10)33-47-35-53(59(77)55(57(47)75)37-73(27-15-3)28-16-4)65-70-62(50-23-19-40(7)31-44(50)11)67-63(71-65)51-24-20-41(8)32-45(51)12/h13-16,38-71,74-77H,1-4,17-37H2,5-12H3. The van der Waals surface area contributed by atoms with E-state index >= 15 is 0 Å². The van der Waals surface area contributed by atoms with Gasteiger partial charge in [-0.05, 0) is 153 Å². The van der Waals surface area contributed by atoms with Gasteiger partial charge < -0.3 is 20.4 Å². The molecule has 0 radical (unpaired) electrons. The molecule has 77 heavy (non-hydrogen) atoms. The Kier molecular flexibility index (Phi) is 22.5. The van der Waals surface area contributed by atoms with E-state index in [2.05, 4.69) is 123 Å². The number of nitrogens with one attached hydrogen (secondary N) is 6. The maximum Gasteiger partial charge on any atom is 0.0661 e. The molecule has 440 valence electrons. The van der Waals surface area contributed by atoms with Crippen molar-refractivity contribution in [3.05, 3.63) is 50.6 Å². The van der Waals surface area contributed by atoms with Crippen molar-refractivity contribution in [1.82, 2.24) is 41.7 Å². The van der Waals surface area contributed by atoms with Gasteiger partial charge in [-0.3, -0.25) is 41.7 Å². The Labute approximate surface area is 469 Å². The topological polar surface area (TPSA) is 160 Å². The molecule has 0 aromatic rings. The van der Waals surface area contributed by atoms with Crippen molar-refractivity contribution < 1.29 is 20.4 Å². The first kappa shape index (κ1) is 61.5. The van der Waals surface area contributed by atoms with Gasteiger partial charge in [-0.25, -0.2) is 0 Å². The number of aliphatic hydroxyl groups excluding tert-OH is 4. The molecular weight excluding hydrogens is 957 g/mol. The molecule has 6 aliphatic carbocycles. The van der Waals surface area contributed by atoms with E-state index < -0.39 is 36.3 Å². The Morgan fingerprint density at radius 2 is 0.597 bits per heavy atom. The average molecular weight is 1070 g/mol. The monoisotopic (exact) mass is 1070 g/mol. The van der Waals surface area contributed by atoms with Gasteiger partial charge in [0, 0.05) is 62.9 Å². The van der Waals surface area contributed by atoms with Gasteiger partial charge in [-0.15, -0.1) is 26.3 Å². The van der Waals surface area contributed by atoms with Crippen LogP contribution in [-0.2, 0) is 0 Å². The molecule has 0 aromatic heterocycles. The molecule has 0 amide bonds. The molecule has 26 atom stereocenters. The first-order valence-electron chi connectivity index (χ1n) is 32.1. The first-order valence-corrected chi connectivity index (χ1v) is 32.1. The van der Waals surface area contributed by atoms with Crippen LogP contribution in [0.1, 0.15) is 152 Å². The SMILES string of the molecule is C=CCN(CC=C)CC1C(O)C(CC2CC(C3NC(C4CCC(C)CC4C)NC(C4CCC(C)CC4C)N3)C(O)C(CN(CC=C)CC=C)C2O)CC(C2NC(C3CCC(C)CC3C)NC(C3CCC(C)CC3C)N2)C1O. The fourth-order valence-electron chi connectivity index (χ4n) is 18.4. The molecule has 0 aromatic carbocycles. The van der Waals surface area contributed by atoms with Crippen LogP contribution in [0, 0.1) is 107 Å². The van der Waals surface area contributed by atoms with Gasteiger partial charge >= 0.3 is 0 Å². The minimum absolute atomic E-state index is 0.115. The van der Waals surface area contributed by atoms with Crippen LogP contribution in [0.25, 0.3) is 0 Å². The molecule has 0 spiro atoms. The summed E-state index contributed by atoms with van der Waals surface area (Å²) in [5.74, 6) is 5.53. The molecule has 8 rings (SSSR count). The van der Waals surface area contributed by atoms with Crippen LogP contribution < -0.4 is 31.9 Å². The summed E-state index contributed by atoms with van der Waals surface area (Å²) < 4.78 is 0. The Morgan fingerprint density at radius 3 is 0.831 bits per heavy atom. The number of aliphatic hydroxyl groups is 4. The Bertz CT molecular complexity index is 1640. The predicted octanol–water partition coefficient (Wildman–Crippen LogP) is 8.48. The van der Waals surface area contributed by atoms with Crippen LogP contribution in [0.3, 0.4) is 0 Å². The highest BCUT2D eigenvalue weighted by atomic mass is 16.3. The number of hydrogen-bond acceptors (Lipinski definition) is 12. The van der Waals surface area contributed by atoms with Crippen molar-refractivity contribution >= 4 is 0 Å². The lowest BCUT2D eigenvalue weighted by molar-refractivity contribution is -0.142. The normalized spacial score (nSPS) is 48.3. The molecule has 12 heteroatoms. The van der Waals surface area contributed by atoms with Crippen molar-refractivity contribution in [3.63, 3.8) is 0 Å². The predicted molar refractivity (Wildman–Crippen MR) is 317 cm³/mol. The largest absolute Gasteiger partial charge is 0.392 e. The highest BCUT2D eigenvalue weighted by molar-refractivity contribution is 5.07. The lowest BCUT2D eigenvalue weighted by atomic mass is 9.62. The molecule has 2 saturated heterocycles. The molecule has 2 aliphatic heterocycles. The summed E-state index contributed by atoms with van der Waals surface area (Å²) in [6, 6.07) is 0. The van der Waals surface area contributed by atoms with Gasteiger partial charge in [0.2, 0.25) is 0 Å². The van der Waals surface area contributed by atoms with Crippen molar-refractivity contribution in [2.45, 2.75) is 213 Å². The molecule has 8 fully saturated rings. The summed E-state index contributed by atoms with van der Waals surface area (Å²) in [5.41, 5.74) is 0. The van der Waals surface area contributed by atoms with Crippen LogP contribution in [0.15, 0.2) is 50.6 Å². The van der Waals surface area contributed by atoms with E-state index in [0.717, 1.165) is 23.7 Å². The molecule has 2 heterocycles. The Balaban J connectivity index is 1.14. The average Bonchev–Trinajstić information content (AvgIpc) is 3.39. The van der Waals surface area contributed by atoms with E-state index in [-0.39, 0.29) is 60.7 Å². The third kappa shape index (κ3) is 14.8. The van der Waals surface area contributed by atoms with E-state index in [0.29, 0.717) is 106 Å². The van der Waals surface area contributed by atoms with E-state index in [1.54, 1.807) is 0 Å². The van der Waals surface area contributed by atoms with Gasteiger partial charge in [0.1, 0.15) is 0 Å². The van der Waals surface area contributed by atoms with Crippen molar-refractivity contribution in [1.29, 1.82) is 0 Å². The van der Waals surface area contributed by atoms with Crippen LogP contribution in [0.5, 0.6) is 0 Å². The third-order valence-electron chi connectivity index (χ3n) is 22.6.